The fourth-order valence-corrected chi connectivity index (χ4v) is 5.51. The molecule has 0 atom stereocenters. The SMILES string of the molecule is COc1ccc(Cl)cc1S(=O)(=O)N1CCN(c2nc(C(C)(C)C)ns2)CC1. The lowest BCUT2D eigenvalue weighted by Crippen LogP contribution is -2.48. The van der Waals surface area contributed by atoms with Crippen molar-refractivity contribution in [3.05, 3.63) is 29.0 Å². The van der Waals surface area contributed by atoms with Crippen LogP contribution in [0.25, 0.3) is 0 Å². The molecule has 27 heavy (non-hydrogen) atoms. The smallest absolute Gasteiger partial charge is 0.246 e. The number of benzene rings is 1. The second kappa shape index (κ2) is 7.54. The Labute approximate surface area is 169 Å². The molecule has 2 aromatic rings. The van der Waals surface area contributed by atoms with E-state index >= 15 is 0 Å². The second-order valence-corrected chi connectivity index (χ2v) is 10.4. The standard InChI is InChI=1S/C17H23ClN4O3S2/c1-17(2,3)15-19-16(26-20-15)21-7-9-22(10-8-21)27(23,24)14-11-12(18)5-6-13(14)25-4/h5-6,11H,7-10H2,1-4H3. The summed E-state index contributed by atoms with van der Waals surface area (Å²) in [5, 5.41) is 1.19. The van der Waals surface area contributed by atoms with E-state index < -0.39 is 10.0 Å². The Morgan fingerprint density at radius 2 is 1.85 bits per heavy atom. The summed E-state index contributed by atoms with van der Waals surface area (Å²) in [6.45, 7) is 8.05. The topological polar surface area (TPSA) is 75.6 Å². The molecular weight excluding hydrogens is 408 g/mol. The molecule has 7 nitrogen and oxygen atoms in total. The molecule has 0 N–H and O–H groups in total. The first-order chi connectivity index (χ1) is 12.6. The van der Waals surface area contributed by atoms with Gasteiger partial charge in [-0.2, -0.15) is 8.68 Å². The van der Waals surface area contributed by atoms with Gasteiger partial charge in [-0.05, 0) is 18.2 Å². The maximum Gasteiger partial charge on any atom is 0.246 e. The van der Waals surface area contributed by atoms with Crippen molar-refractivity contribution in [1.29, 1.82) is 0 Å². The molecule has 1 aliphatic rings. The minimum absolute atomic E-state index is 0.0943. The van der Waals surface area contributed by atoms with Gasteiger partial charge >= 0.3 is 0 Å². The number of methoxy groups -OCH3 is 1. The maximum absolute atomic E-state index is 13.0. The molecule has 0 aliphatic carbocycles. The highest BCUT2D eigenvalue weighted by atomic mass is 35.5. The quantitative estimate of drug-likeness (QED) is 0.742. The lowest BCUT2D eigenvalue weighted by atomic mass is 9.96. The van der Waals surface area contributed by atoms with E-state index in [1.165, 1.54) is 29.0 Å². The van der Waals surface area contributed by atoms with Crippen LogP contribution in [0.3, 0.4) is 0 Å². The second-order valence-electron chi connectivity index (χ2n) is 7.34. The van der Waals surface area contributed by atoms with Gasteiger partial charge in [0, 0.05) is 48.1 Å². The van der Waals surface area contributed by atoms with Gasteiger partial charge in [-0.25, -0.2) is 13.4 Å². The number of aromatic nitrogens is 2. The molecule has 3 rings (SSSR count). The summed E-state index contributed by atoms with van der Waals surface area (Å²) in [6, 6.07) is 4.61. The van der Waals surface area contributed by atoms with Crippen LogP contribution in [0.5, 0.6) is 5.75 Å². The third-order valence-electron chi connectivity index (χ3n) is 4.34. The van der Waals surface area contributed by atoms with Gasteiger partial charge in [0.15, 0.2) is 0 Å². The predicted molar refractivity (Wildman–Crippen MR) is 108 cm³/mol. The fourth-order valence-electron chi connectivity index (χ4n) is 2.76. The van der Waals surface area contributed by atoms with Crippen LogP contribution in [-0.4, -0.2) is 55.4 Å². The molecule has 1 fully saturated rings. The first-order valence-corrected chi connectivity index (χ1v) is 11.1. The normalized spacial score (nSPS) is 16.6. The van der Waals surface area contributed by atoms with Crippen molar-refractivity contribution in [2.24, 2.45) is 0 Å². The minimum atomic E-state index is -3.69. The Balaban J connectivity index is 1.75. The number of anilines is 1. The summed E-state index contributed by atoms with van der Waals surface area (Å²) in [4.78, 5) is 6.79. The molecule has 10 heteroatoms. The van der Waals surface area contributed by atoms with Crippen LogP contribution in [0.15, 0.2) is 23.1 Å². The van der Waals surface area contributed by atoms with Crippen LogP contribution in [0, 0.1) is 0 Å². The molecular formula is C17H23ClN4O3S2. The van der Waals surface area contributed by atoms with Crippen LogP contribution in [0.4, 0.5) is 5.13 Å². The number of rotatable bonds is 4. The minimum Gasteiger partial charge on any atom is -0.495 e. The van der Waals surface area contributed by atoms with Crippen molar-refractivity contribution in [3.8, 4) is 5.75 Å². The fraction of sp³-hybridized carbons (Fsp3) is 0.529. The highest BCUT2D eigenvalue weighted by molar-refractivity contribution is 7.89. The number of nitrogens with zero attached hydrogens (tertiary/aromatic N) is 4. The molecule has 148 valence electrons. The Morgan fingerprint density at radius 1 is 1.19 bits per heavy atom. The Hall–Kier alpha value is -1.42. The molecule has 0 spiro atoms. The highest BCUT2D eigenvalue weighted by Crippen LogP contribution is 2.31. The molecule has 2 heterocycles. The Bertz CT molecular complexity index is 917. The number of ether oxygens (including phenoxy) is 1. The number of hydrogen-bond donors (Lipinski definition) is 0. The van der Waals surface area contributed by atoms with E-state index in [9.17, 15) is 8.42 Å². The largest absolute Gasteiger partial charge is 0.495 e. The van der Waals surface area contributed by atoms with Crippen molar-refractivity contribution in [2.45, 2.75) is 31.1 Å². The van der Waals surface area contributed by atoms with E-state index in [-0.39, 0.29) is 10.3 Å². The summed E-state index contributed by atoms with van der Waals surface area (Å²) in [7, 11) is -2.24. The van der Waals surface area contributed by atoms with Crippen LogP contribution >= 0.6 is 23.1 Å². The van der Waals surface area contributed by atoms with Crippen molar-refractivity contribution in [2.75, 3.05) is 38.2 Å². The average Bonchev–Trinajstić information content (AvgIpc) is 3.12. The summed E-state index contributed by atoms with van der Waals surface area (Å²) >= 11 is 7.36. The monoisotopic (exact) mass is 430 g/mol. The zero-order valence-electron chi connectivity index (χ0n) is 15.8. The van der Waals surface area contributed by atoms with Crippen LogP contribution in [0.2, 0.25) is 5.02 Å². The van der Waals surface area contributed by atoms with Crippen molar-refractivity contribution >= 4 is 38.3 Å². The van der Waals surface area contributed by atoms with Crippen molar-refractivity contribution < 1.29 is 13.2 Å². The van der Waals surface area contributed by atoms with Crippen molar-refractivity contribution in [3.63, 3.8) is 0 Å². The van der Waals surface area contributed by atoms with Gasteiger partial charge in [0.05, 0.1) is 7.11 Å². The van der Waals surface area contributed by atoms with Gasteiger partial charge in [-0.3, -0.25) is 0 Å². The van der Waals surface area contributed by atoms with Crippen molar-refractivity contribution in [1.82, 2.24) is 13.7 Å². The van der Waals surface area contributed by atoms with Gasteiger partial charge < -0.3 is 9.64 Å². The Kier molecular flexibility index (Phi) is 5.67. The maximum atomic E-state index is 13.0. The third-order valence-corrected chi connectivity index (χ3v) is 7.27. The predicted octanol–water partition coefficient (Wildman–Crippen LogP) is 3.01. The lowest BCUT2D eigenvalue weighted by Gasteiger charge is -2.33. The van der Waals surface area contributed by atoms with E-state index in [0.29, 0.717) is 37.0 Å². The molecule has 0 saturated carbocycles. The zero-order chi connectivity index (χ0) is 19.8. The van der Waals surface area contributed by atoms with Gasteiger partial charge in [-0.1, -0.05) is 32.4 Å². The van der Waals surface area contributed by atoms with Crippen LogP contribution < -0.4 is 9.64 Å². The van der Waals surface area contributed by atoms with Gasteiger partial charge in [0.2, 0.25) is 15.2 Å². The molecule has 0 radical (unpaired) electrons. The average molecular weight is 431 g/mol. The third kappa shape index (κ3) is 4.21. The molecule has 1 saturated heterocycles. The number of piperazine rings is 1. The zero-order valence-corrected chi connectivity index (χ0v) is 18.2. The molecule has 0 amide bonds. The molecule has 1 aromatic carbocycles. The van der Waals surface area contributed by atoms with Gasteiger partial charge in [0.1, 0.15) is 16.5 Å². The van der Waals surface area contributed by atoms with Crippen LogP contribution in [-0.2, 0) is 15.4 Å². The Morgan fingerprint density at radius 3 is 2.41 bits per heavy atom. The molecule has 1 aliphatic heterocycles. The summed E-state index contributed by atoms with van der Waals surface area (Å²) < 4.78 is 37.2. The summed E-state index contributed by atoms with van der Waals surface area (Å²) in [5.41, 5.74) is -0.108. The van der Waals surface area contributed by atoms with Gasteiger partial charge in [0.25, 0.3) is 0 Å². The van der Waals surface area contributed by atoms with E-state index in [4.69, 9.17) is 16.3 Å². The summed E-state index contributed by atoms with van der Waals surface area (Å²) in [5.74, 6) is 1.10. The lowest BCUT2D eigenvalue weighted by molar-refractivity contribution is 0.374. The number of sulfonamides is 1. The van der Waals surface area contributed by atoms with E-state index in [2.05, 4.69) is 35.0 Å². The highest BCUT2D eigenvalue weighted by Gasteiger charge is 2.32. The molecule has 0 bridgehead atoms. The summed E-state index contributed by atoms with van der Waals surface area (Å²) in [6.07, 6.45) is 0. The van der Waals surface area contributed by atoms with E-state index in [0.717, 1.165) is 11.0 Å². The molecule has 1 aromatic heterocycles. The van der Waals surface area contributed by atoms with Crippen LogP contribution in [0.1, 0.15) is 26.6 Å². The first kappa shape index (κ1) is 20.3. The first-order valence-electron chi connectivity index (χ1n) is 8.56. The van der Waals surface area contributed by atoms with E-state index in [1.807, 2.05) is 0 Å². The van der Waals surface area contributed by atoms with E-state index in [1.54, 1.807) is 12.1 Å². The number of hydrogen-bond acceptors (Lipinski definition) is 7. The van der Waals surface area contributed by atoms with Gasteiger partial charge in [-0.15, -0.1) is 0 Å². The molecule has 0 unspecified atom stereocenters. The number of halogens is 1.